The number of benzene rings is 1. The highest BCUT2D eigenvalue weighted by atomic mass is 16.5. The lowest BCUT2D eigenvalue weighted by Crippen LogP contribution is -2.40. The highest BCUT2D eigenvalue weighted by Gasteiger charge is 2.29. The fourth-order valence-electron chi connectivity index (χ4n) is 3.41. The Hall–Kier alpha value is -1.75. The molecule has 1 N–H and O–H groups in total. The van der Waals surface area contributed by atoms with Gasteiger partial charge in [-0.3, -0.25) is 4.79 Å². The van der Waals surface area contributed by atoms with E-state index in [1.807, 2.05) is 18.7 Å². The Bertz CT molecular complexity index is 568. The van der Waals surface area contributed by atoms with Crippen LogP contribution in [0.15, 0.2) is 12.1 Å². The Balaban J connectivity index is 1.79. The molecule has 23 heavy (non-hydrogen) atoms. The number of rotatable bonds is 5. The molecule has 0 aliphatic carbocycles. The van der Waals surface area contributed by atoms with E-state index >= 15 is 0 Å². The van der Waals surface area contributed by atoms with Crippen molar-refractivity contribution in [3.05, 3.63) is 23.3 Å². The standard InChI is InChI=1S/C18H26N2O3/c1-3-22-16-9-13-6-8-20(18(21)14-5-7-19-11-14)12-15(13)10-17(16)23-4-2/h9-10,14,19H,3-8,11-12H2,1-2H3. The molecule has 0 saturated carbocycles. The summed E-state index contributed by atoms with van der Waals surface area (Å²) in [6.07, 6.45) is 1.84. The molecule has 1 atom stereocenters. The average molecular weight is 318 g/mol. The van der Waals surface area contributed by atoms with Crippen molar-refractivity contribution < 1.29 is 14.3 Å². The van der Waals surface area contributed by atoms with Gasteiger partial charge in [0, 0.05) is 19.6 Å². The molecular weight excluding hydrogens is 292 g/mol. The summed E-state index contributed by atoms with van der Waals surface area (Å²) in [6, 6.07) is 4.14. The maximum absolute atomic E-state index is 12.6. The first-order valence-corrected chi connectivity index (χ1v) is 8.63. The largest absolute Gasteiger partial charge is 0.490 e. The van der Waals surface area contributed by atoms with Crippen LogP contribution in [0.2, 0.25) is 0 Å². The summed E-state index contributed by atoms with van der Waals surface area (Å²) in [5.41, 5.74) is 2.45. The minimum Gasteiger partial charge on any atom is -0.490 e. The van der Waals surface area contributed by atoms with Gasteiger partial charge in [-0.15, -0.1) is 0 Å². The summed E-state index contributed by atoms with van der Waals surface area (Å²) in [5, 5.41) is 3.27. The molecule has 1 unspecified atom stereocenters. The Labute approximate surface area is 137 Å². The average Bonchev–Trinajstić information content (AvgIpc) is 3.09. The SMILES string of the molecule is CCOc1cc2c(cc1OCC)CN(C(=O)C1CCNC1)CC2. The van der Waals surface area contributed by atoms with Crippen LogP contribution in [0.3, 0.4) is 0 Å². The predicted octanol–water partition coefficient (Wildman–Crippen LogP) is 1.98. The summed E-state index contributed by atoms with van der Waals surface area (Å²) in [5.74, 6) is 2.02. The zero-order valence-corrected chi connectivity index (χ0v) is 14.1. The number of ether oxygens (including phenoxy) is 2. The van der Waals surface area contributed by atoms with Crippen LogP contribution in [0, 0.1) is 5.92 Å². The summed E-state index contributed by atoms with van der Waals surface area (Å²) >= 11 is 0. The molecule has 2 aliphatic rings. The topological polar surface area (TPSA) is 50.8 Å². The number of nitrogens with one attached hydrogen (secondary N) is 1. The van der Waals surface area contributed by atoms with Crippen molar-refractivity contribution in [1.29, 1.82) is 0 Å². The monoisotopic (exact) mass is 318 g/mol. The fourth-order valence-corrected chi connectivity index (χ4v) is 3.41. The molecule has 1 saturated heterocycles. The van der Waals surface area contributed by atoms with E-state index in [0.29, 0.717) is 19.8 Å². The molecule has 5 heteroatoms. The Morgan fingerprint density at radius 2 is 1.91 bits per heavy atom. The van der Waals surface area contributed by atoms with Crippen LogP contribution in [0.25, 0.3) is 0 Å². The quantitative estimate of drug-likeness (QED) is 0.902. The number of hydrogen-bond acceptors (Lipinski definition) is 4. The summed E-state index contributed by atoms with van der Waals surface area (Å²) in [6.45, 7) is 8.42. The van der Waals surface area contributed by atoms with Crippen LogP contribution in [-0.4, -0.2) is 43.7 Å². The first-order valence-electron chi connectivity index (χ1n) is 8.63. The maximum Gasteiger partial charge on any atom is 0.227 e. The molecular formula is C18H26N2O3. The van der Waals surface area contributed by atoms with E-state index in [2.05, 4.69) is 17.4 Å². The predicted molar refractivity (Wildman–Crippen MR) is 88.9 cm³/mol. The van der Waals surface area contributed by atoms with Crippen molar-refractivity contribution in [1.82, 2.24) is 10.2 Å². The van der Waals surface area contributed by atoms with Gasteiger partial charge in [-0.1, -0.05) is 0 Å². The highest BCUT2D eigenvalue weighted by Crippen LogP contribution is 2.34. The van der Waals surface area contributed by atoms with Gasteiger partial charge in [0.1, 0.15) is 0 Å². The molecule has 1 amide bonds. The second-order valence-corrected chi connectivity index (χ2v) is 6.13. The van der Waals surface area contributed by atoms with Crippen molar-refractivity contribution in [2.24, 2.45) is 5.92 Å². The van der Waals surface area contributed by atoms with E-state index in [-0.39, 0.29) is 11.8 Å². The van der Waals surface area contributed by atoms with Crippen LogP contribution in [0.5, 0.6) is 11.5 Å². The number of carbonyl (C=O) groups is 1. The van der Waals surface area contributed by atoms with Gasteiger partial charge in [-0.05, 0) is 56.5 Å². The Kier molecular flexibility index (Phi) is 5.06. The molecule has 126 valence electrons. The number of fused-ring (bicyclic) bond motifs is 1. The van der Waals surface area contributed by atoms with Crippen molar-refractivity contribution in [2.75, 3.05) is 32.8 Å². The van der Waals surface area contributed by atoms with Crippen molar-refractivity contribution in [3.63, 3.8) is 0 Å². The smallest absolute Gasteiger partial charge is 0.227 e. The second-order valence-electron chi connectivity index (χ2n) is 6.13. The molecule has 1 aromatic rings. The minimum atomic E-state index is 0.144. The minimum absolute atomic E-state index is 0.144. The van der Waals surface area contributed by atoms with Gasteiger partial charge in [0.2, 0.25) is 5.91 Å². The molecule has 0 aromatic heterocycles. The van der Waals surface area contributed by atoms with E-state index in [1.165, 1.54) is 11.1 Å². The van der Waals surface area contributed by atoms with Crippen molar-refractivity contribution in [2.45, 2.75) is 33.2 Å². The lowest BCUT2D eigenvalue weighted by molar-refractivity contribution is -0.135. The molecule has 3 rings (SSSR count). The molecule has 1 aromatic carbocycles. The maximum atomic E-state index is 12.6. The van der Waals surface area contributed by atoms with Crippen LogP contribution >= 0.6 is 0 Å². The normalized spacial score (nSPS) is 20.3. The zero-order valence-electron chi connectivity index (χ0n) is 14.1. The lowest BCUT2D eigenvalue weighted by Gasteiger charge is -2.31. The molecule has 1 fully saturated rings. The molecule has 0 bridgehead atoms. The Morgan fingerprint density at radius 3 is 2.52 bits per heavy atom. The van der Waals surface area contributed by atoms with Gasteiger partial charge in [0.15, 0.2) is 11.5 Å². The number of nitrogens with zero attached hydrogens (tertiary/aromatic N) is 1. The first-order chi connectivity index (χ1) is 11.2. The van der Waals surface area contributed by atoms with Gasteiger partial charge in [-0.25, -0.2) is 0 Å². The van der Waals surface area contributed by atoms with Crippen LogP contribution in [0.4, 0.5) is 0 Å². The van der Waals surface area contributed by atoms with Crippen LogP contribution < -0.4 is 14.8 Å². The molecule has 0 spiro atoms. The van der Waals surface area contributed by atoms with Crippen LogP contribution in [-0.2, 0) is 17.8 Å². The van der Waals surface area contributed by atoms with Gasteiger partial charge >= 0.3 is 0 Å². The van der Waals surface area contributed by atoms with Gasteiger partial charge in [-0.2, -0.15) is 0 Å². The van der Waals surface area contributed by atoms with E-state index < -0.39 is 0 Å². The third-order valence-corrected chi connectivity index (χ3v) is 4.60. The van der Waals surface area contributed by atoms with Gasteiger partial charge in [0.25, 0.3) is 0 Å². The summed E-state index contributed by atoms with van der Waals surface area (Å²) in [4.78, 5) is 14.6. The highest BCUT2D eigenvalue weighted by molar-refractivity contribution is 5.79. The molecule has 0 radical (unpaired) electrons. The Morgan fingerprint density at radius 1 is 1.22 bits per heavy atom. The van der Waals surface area contributed by atoms with Gasteiger partial charge in [0.05, 0.1) is 19.1 Å². The lowest BCUT2D eigenvalue weighted by atomic mass is 9.97. The number of hydrogen-bond donors (Lipinski definition) is 1. The summed E-state index contributed by atoms with van der Waals surface area (Å²) in [7, 11) is 0. The van der Waals surface area contributed by atoms with E-state index in [4.69, 9.17) is 9.47 Å². The van der Waals surface area contributed by atoms with Crippen molar-refractivity contribution in [3.8, 4) is 11.5 Å². The van der Waals surface area contributed by atoms with Crippen molar-refractivity contribution >= 4 is 5.91 Å². The third kappa shape index (κ3) is 3.44. The molecule has 2 aliphatic heterocycles. The summed E-state index contributed by atoms with van der Waals surface area (Å²) < 4.78 is 11.4. The van der Waals surface area contributed by atoms with E-state index in [9.17, 15) is 4.79 Å². The third-order valence-electron chi connectivity index (χ3n) is 4.60. The van der Waals surface area contributed by atoms with Gasteiger partial charge < -0.3 is 19.7 Å². The van der Waals surface area contributed by atoms with E-state index in [0.717, 1.165) is 44.0 Å². The number of carbonyl (C=O) groups excluding carboxylic acids is 1. The fraction of sp³-hybridized carbons (Fsp3) is 0.611. The molecule has 5 nitrogen and oxygen atoms in total. The molecule has 2 heterocycles. The number of amides is 1. The van der Waals surface area contributed by atoms with Crippen LogP contribution in [0.1, 0.15) is 31.4 Å². The zero-order chi connectivity index (χ0) is 16.2. The van der Waals surface area contributed by atoms with E-state index in [1.54, 1.807) is 0 Å². The second kappa shape index (κ2) is 7.21. The first kappa shape index (κ1) is 16.1.